The van der Waals surface area contributed by atoms with Crippen molar-refractivity contribution < 1.29 is 19.1 Å². The summed E-state index contributed by atoms with van der Waals surface area (Å²) in [6, 6.07) is 18.9. The first-order valence-electron chi connectivity index (χ1n) is 13.6. The van der Waals surface area contributed by atoms with Gasteiger partial charge in [0.05, 0.1) is 5.52 Å². The zero-order chi connectivity index (χ0) is 28.5. The van der Waals surface area contributed by atoms with Crippen molar-refractivity contribution >= 4 is 45.0 Å². The lowest BCUT2D eigenvalue weighted by atomic mass is 10.1. The van der Waals surface area contributed by atoms with Crippen molar-refractivity contribution in [3.8, 4) is 17.4 Å². The molecule has 0 saturated carbocycles. The molecule has 6 rings (SSSR count). The van der Waals surface area contributed by atoms with E-state index in [2.05, 4.69) is 14.8 Å². The van der Waals surface area contributed by atoms with Crippen molar-refractivity contribution in [2.75, 3.05) is 13.7 Å². The highest BCUT2D eigenvalue weighted by atomic mass is 35.5. The van der Waals surface area contributed by atoms with Crippen molar-refractivity contribution in [3.63, 3.8) is 0 Å². The van der Waals surface area contributed by atoms with Gasteiger partial charge in [-0.3, -0.25) is 9.59 Å². The first kappa shape index (κ1) is 26.8. The molecule has 0 N–H and O–H groups in total. The molecule has 1 saturated heterocycles. The second kappa shape index (κ2) is 11.2. The lowest BCUT2D eigenvalue weighted by molar-refractivity contribution is -0.127. The lowest BCUT2D eigenvalue weighted by Crippen LogP contribution is -2.29. The van der Waals surface area contributed by atoms with Gasteiger partial charge in [0.2, 0.25) is 17.6 Å². The molecule has 0 radical (unpaired) electrons. The summed E-state index contributed by atoms with van der Waals surface area (Å²) in [6.07, 6.45) is 5.67. The third-order valence-electron chi connectivity index (χ3n) is 7.72. The summed E-state index contributed by atoms with van der Waals surface area (Å²) < 4.78 is 14.0. The highest BCUT2D eigenvalue weighted by Crippen LogP contribution is 2.31. The second-order valence-corrected chi connectivity index (χ2v) is 10.8. The minimum Gasteiger partial charge on any atom is -0.485 e. The summed E-state index contributed by atoms with van der Waals surface area (Å²) in [5, 5.41) is 11.4. The van der Waals surface area contributed by atoms with E-state index in [-0.39, 0.29) is 24.3 Å². The molecule has 1 amide bonds. The van der Waals surface area contributed by atoms with Crippen LogP contribution in [0.2, 0.25) is 5.02 Å². The van der Waals surface area contributed by atoms with Gasteiger partial charge in [-0.2, -0.15) is 5.10 Å². The fraction of sp³-hybridized carbons (Fsp3) is 0.250. The highest BCUT2D eigenvalue weighted by Gasteiger charge is 2.27. The van der Waals surface area contributed by atoms with Crippen LogP contribution in [-0.4, -0.2) is 51.1 Å². The molecule has 1 aliphatic heterocycles. The molecule has 9 heteroatoms. The number of fused-ring (bicyclic) bond motifs is 2. The first-order chi connectivity index (χ1) is 19.9. The maximum absolute atomic E-state index is 13.5. The number of aromatic nitrogens is 3. The molecule has 3 heterocycles. The van der Waals surface area contributed by atoms with Crippen LogP contribution < -0.4 is 9.47 Å². The largest absolute Gasteiger partial charge is 0.485 e. The third-order valence-corrected chi connectivity index (χ3v) is 7.95. The van der Waals surface area contributed by atoms with Gasteiger partial charge in [-0.25, -0.2) is 0 Å². The Morgan fingerprint density at radius 1 is 1.10 bits per heavy atom. The second-order valence-electron chi connectivity index (χ2n) is 10.4. The predicted octanol–water partition coefficient (Wildman–Crippen LogP) is 6.61. The minimum atomic E-state index is -0.125. The molecule has 0 bridgehead atoms. The Bertz CT molecular complexity index is 1770. The summed E-state index contributed by atoms with van der Waals surface area (Å²) in [4.78, 5) is 27.4. The molecule has 1 fully saturated rings. The minimum absolute atomic E-state index is 0.100. The topological polar surface area (TPSA) is 86.5 Å². The first-order valence-corrected chi connectivity index (χ1v) is 13.9. The number of hydrogen-bond donors (Lipinski definition) is 0. The number of ketones is 1. The zero-order valence-electron chi connectivity index (χ0n) is 22.8. The molecule has 1 unspecified atom stereocenters. The number of carbonyl (C=O) groups excluding carboxylic acids is 2. The number of Topliss-reactive ketones (excluding diaryl/α,β-unsaturated/α-hetero) is 1. The number of halogens is 1. The van der Waals surface area contributed by atoms with Crippen LogP contribution in [0.1, 0.15) is 35.2 Å². The Labute approximate surface area is 242 Å². The molecule has 5 aromatic rings. The summed E-state index contributed by atoms with van der Waals surface area (Å²) in [5.74, 6) is 1.68. The van der Waals surface area contributed by atoms with E-state index in [0.717, 1.165) is 40.1 Å². The Morgan fingerprint density at radius 2 is 1.98 bits per heavy atom. The smallest absolute Gasteiger partial charge is 0.238 e. The van der Waals surface area contributed by atoms with Crippen molar-refractivity contribution in [1.29, 1.82) is 0 Å². The van der Waals surface area contributed by atoms with Gasteiger partial charge >= 0.3 is 0 Å². The summed E-state index contributed by atoms with van der Waals surface area (Å²) >= 11 is 6.15. The fourth-order valence-electron chi connectivity index (χ4n) is 5.43. The number of amides is 1. The molecular weight excluding hydrogens is 540 g/mol. The summed E-state index contributed by atoms with van der Waals surface area (Å²) in [6.45, 7) is 2.50. The van der Waals surface area contributed by atoms with Crippen LogP contribution in [0.5, 0.6) is 17.4 Å². The van der Waals surface area contributed by atoms with Gasteiger partial charge in [-0.05, 0) is 78.6 Å². The molecule has 0 aliphatic carbocycles. The number of likely N-dealkylation sites (tertiary alicyclic amines) is 1. The Morgan fingerprint density at radius 3 is 2.76 bits per heavy atom. The van der Waals surface area contributed by atoms with Gasteiger partial charge in [-0.1, -0.05) is 17.7 Å². The quantitative estimate of drug-likeness (QED) is 0.186. The van der Waals surface area contributed by atoms with Crippen LogP contribution in [0.15, 0.2) is 73.1 Å². The van der Waals surface area contributed by atoms with Gasteiger partial charge in [0.25, 0.3) is 0 Å². The number of ether oxygens (including phenoxy) is 2. The third kappa shape index (κ3) is 5.60. The van der Waals surface area contributed by atoms with E-state index in [1.54, 1.807) is 18.3 Å². The van der Waals surface area contributed by atoms with E-state index in [1.165, 1.54) is 0 Å². The van der Waals surface area contributed by atoms with Gasteiger partial charge < -0.3 is 18.9 Å². The maximum atomic E-state index is 13.5. The molecule has 2 aromatic heterocycles. The zero-order valence-corrected chi connectivity index (χ0v) is 23.6. The van der Waals surface area contributed by atoms with Gasteiger partial charge in [-0.15, -0.1) is 5.10 Å². The molecule has 208 valence electrons. The van der Waals surface area contributed by atoms with Crippen molar-refractivity contribution in [2.24, 2.45) is 0 Å². The monoisotopic (exact) mass is 568 g/mol. The average molecular weight is 569 g/mol. The lowest BCUT2D eigenvalue weighted by Gasteiger charge is -2.20. The number of benzene rings is 3. The van der Waals surface area contributed by atoms with E-state index < -0.39 is 0 Å². The van der Waals surface area contributed by atoms with Gasteiger partial charge in [0.1, 0.15) is 11.5 Å². The van der Waals surface area contributed by atoms with Crippen LogP contribution in [0.4, 0.5) is 0 Å². The highest BCUT2D eigenvalue weighted by molar-refractivity contribution is 6.31. The number of rotatable bonds is 9. The van der Waals surface area contributed by atoms with Crippen molar-refractivity contribution in [2.45, 2.75) is 38.8 Å². The van der Waals surface area contributed by atoms with E-state index in [4.69, 9.17) is 21.1 Å². The molecule has 3 aromatic carbocycles. The summed E-state index contributed by atoms with van der Waals surface area (Å²) in [5.41, 5.74) is 2.36. The molecule has 41 heavy (non-hydrogen) atoms. The molecule has 1 atom stereocenters. The van der Waals surface area contributed by atoms with E-state index >= 15 is 0 Å². The van der Waals surface area contributed by atoms with Crippen LogP contribution >= 0.6 is 11.6 Å². The van der Waals surface area contributed by atoms with Crippen molar-refractivity contribution in [3.05, 3.63) is 89.2 Å². The Hall–Kier alpha value is -4.43. The van der Waals surface area contributed by atoms with Crippen LogP contribution in [0.25, 0.3) is 21.7 Å². The summed E-state index contributed by atoms with van der Waals surface area (Å²) in [7, 11) is 1.86. The standard InChI is InChI=1S/C32H29ClN4O4/c1-20-14-22-15-23(33)6-5-21(22)16-30(20)40-19-29(38)27-18-37(13-11-24-7-10-32(39)36(24)2)28-17-25(8-9-26(27)28)41-31-4-3-12-34-35-31/h3-6,8-9,12,14-18,24H,7,10-11,13,19H2,1-2H3. The SMILES string of the molecule is Cc1cc2cc(Cl)ccc2cc1OCC(=O)c1cn(CCC2CCC(=O)N2C)c2cc(Oc3cccnn3)ccc12. The van der Waals surface area contributed by atoms with Gasteiger partial charge in [0, 0.05) is 66.6 Å². The van der Waals surface area contributed by atoms with Crippen molar-refractivity contribution in [1.82, 2.24) is 19.7 Å². The predicted molar refractivity (Wildman–Crippen MR) is 158 cm³/mol. The van der Waals surface area contributed by atoms with E-state index in [0.29, 0.717) is 40.9 Å². The molecule has 8 nitrogen and oxygen atoms in total. The van der Waals surface area contributed by atoms with Crippen LogP contribution in [0, 0.1) is 6.92 Å². The average Bonchev–Trinajstić information content (AvgIpc) is 3.49. The molecule has 1 aliphatic rings. The molecule has 0 spiro atoms. The number of hydrogen-bond acceptors (Lipinski definition) is 6. The fourth-order valence-corrected chi connectivity index (χ4v) is 5.61. The van der Waals surface area contributed by atoms with E-state index in [9.17, 15) is 9.59 Å². The molecular formula is C32H29ClN4O4. The normalized spacial score (nSPS) is 15.1. The number of aryl methyl sites for hydroxylation is 2. The Balaban J connectivity index is 1.27. The van der Waals surface area contributed by atoms with Gasteiger partial charge in [0.15, 0.2) is 6.61 Å². The van der Waals surface area contributed by atoms with Crippen LogP contribution in [0.3, 0.4) is 0 Å². The van der Waals surface area contributed by atoms with E-state index in [1.807, 2.05) is 73.6 Å². The number of carbonyl (C=O) groups is 2. The Kier molecular flexibility index (Phi) is 7.32. The number of nitrogens with zero attached hydrogens (tertiary/aromatic N) is 4. The van der Waals surface area contributed by atoms with Crippen LogP contribution in [-0.2, 0) is 11.3 Å². The maximum Gasteiger partial charge on any atom is 0.238 e.